The highest BCUT2D eigenvalue weighted by Gasteiger charge is 2.49. The lowest BCUT2D eigenvalue weighted by Gasteiger charge is -2.32. The molecule has 3 aliphatic rings. The quantitative estimate of drug-likeness (QED) is 0.204. The van der Waals surface area contributed by atoms with Crippen LogP contribution in [0, 0.1) is 28.9 Å². The summed E-state index contributed by atoms with van der Waals surface area (Å²) in [5, 5.41) is 19.2. The van der Waals surface area contributed by atoms with E-state index in [2.05, 4.69) is 9.97 Å². The molecule has 7 rings (SSSR count). The zero-order valence-electron chi connectivity index (χ0n) is 25.9. The number of nitrogens with zero attached hydrogens (tertiary/aromatic N) is 5. The Labute approximate surface area is 275 Å². The van der Waals surface area contributed by atoms with Crippen molar-refractivity contribution in [1.29, 1.82) is 5.26 Å². The molecular weight excluding hydrogens is 658 g/mol. The molecule has 254 valence electrons. The first-order valence-electron chi connectivity index (χ1n) is 15.7. The van der Waals surface area contributed by atoms with E-state index in [-0.39, 0.29) is 81.6 Å². The summed E-state index contributed by atoms with van der Waals surface area (Å²) in [6, 6.07) is 3.90. The molecule has 48 heavy (non-hydrogen) atoms. The second kappa shape index (κ2) is 11.9. The van der Waals surface area contributed by atoms with Gasteiger partial charge in [-0.15, -0.1) is 11.3 Å². The summed E-state index contributed by atoms with van der Waals surface area (Å²) in [6.45, 7) is 0.811. The molecule has 0 spiro atoms. The number of nitrogen functional groups attached to an aromatic ring is 1. The van der Waals surface area contributed by atoms with Crippen LogP contribution < -0.4 is 15.4 Å². The Balaban J connectivity index is 1.46. The van der Waals surface area contributed by atoms with Crippen LogP contribution in [0.2, 0.25) is 0 Å². The predicted octanol–water partition coefficient (Wildman–Crippen LogP) is 6.81. The van der Waals surface area contributed by atoms with Crippen molar-refractivity contribution < 1.29 is 36.2 Å². The van der Waals surface area contributed by atoms with Crippen molar-refractivity contribution in [2.45, 2.75) is 62.5 Å². The van der Waals surface area contributed by atoms with Gasteiger partial charge in [0.25, 0.3) is 0 Å². The van der Waals surface area contributed by atoms with E-state index in [0.29, 0.717) is 37.1 Å². The smallest absolute Gasteiger partial charge is 0.417 e. The largest absolute Gasteiger partial charge is 0.461 e. The lowest BCUT2D eigenvalue weighted by atomic mass is 9.92. The first-order chi connectivity index (χ1) is 22.9. The Morgan fingerprint density at radius 1 is 1.23 bits per heavy atom. The van der Waals surface area contributed by atoms with E-state index in [1.165, 1.54) is 0 Å². The normalized spacial score (nSPS) is 24.4. The van der Waals surface area contributed by atoms with E-state index in [1.807, 2.05) is 11.0 Å². The summed E-state index contributed by atoms with van der Waals surface area (Å²) in [6.07, 6.45) is -2.29. The van der Waals surface area contributed by atoms with E-state index < -0.39 is 46.2 Å². The van der Waals surface area contributed by atoms with E-state index in [9.17, 15) is 32.3 Å². The molecule has 15 heteroatoms. The molecule has 2 aromatic carbocycles. The number of thiophene rings is 1. The number of hydrogen-bond donors (Lipinski definition) is 2. The van der Waals surface area contributed by atoms with Gasteiger partial charge in [0.2, 0.25) is 0 Å². The van der Waals surface area contributed by atoms with Gasteiger partial charge >= 0.3 is 12.2 Å². The van der Waals surface area contributed by atoms with E-state index in [1.54, 1.807) is 11.9 Å². The Hall–Kier alpha value is -3.87. The van der Waals surface area contributed by atoms with Gasteiger partial charge in [-0.05, 0) is 49.9 Å². The molecule has 0 radical (unpaired) electrons. The minimum atomic E-state index is -5.10. The molecule has 0 unspecified atom stereocenters. The number of anilines is 2. The number of ether oxygens (including phenoxy) is 1. The monoisotopic (exact) mass is 690 g/mol. The van der Waals surface area contributed by atoms with E-state index in [0.717, 1.165) is 31.0 Å². The van der Waals surface area contributed by atoms with Crippen LogP contribution in [0.15, 0.2) is 18.2 Å². The maximum Gasteiger partial charge on any atom is 0.417 e. The van der Waals surface area contributed by atoms with Gasteiger partial charge in [0.15, 0.2) is 5.82 Å². The molecule has 2 saturated heterocycles. The standard InChI is InChI=1S/C33H32F6N6O2S/c1-44(23-5-2-4-16(23)14-46)30-19-10-21(33(37,38)39)25(18-6-7-22(35)28-24(18)20(12-40)29(41)48-28)26(36)27(19)42-31(43-30)47-15-32-8-3-9-45(32)13-17(34)11-32/h6-7,10,16-17,23,46H,2-5,8-9,11,13-15,41H2,1H3/t16-,17+,23+,32-/m0/s1. The van der Waals surface area contributed by atoms with Crippen molar-refractivity contribution in [3.8, 4) is 23.2 Å². The van der Waals surface area contributed by atoms with Crippen LogP contribution in [0.1, 0.15) is 49.7 Å². The fraction of sp³-hybridized carbons (Fsp3) is 0.485. The summed E-state index contributed by atoms with van der Waals surface area (Å²) < 4.78 is 97.0. The molecule has 1 saturated carbocycles. The molecule has 3 fully saturated rings. The highest BCUT2D eigenvalue weighted by atomic mass is 32.1. The molecule has 4 aromatic rings. The number of aliphatic hydroxyl groups excluding tert-OH is 1. The highest BCUT2D eigenvalue weighted by molar-refractivity contribution is 7.23. The first kappa shape index (κ1) is 32.7. The average molecular weight is 691 g/mol. The van der Waals surface area contributed by atoms with Crippen LogP contribution in [-0.2, 0) is 6.18 Å². The van der Waals surface area contributed by atoms with Gasteiger partial charge in [0.1, 0.15) is 41.0 Å². The lowest BCUT2D eigenvalue weighted by molar-refractivity contribution is -0.137. The number of halogens is 6. The van der Waals surface area contributed by atoms with Crippen LogP contribution in [0.5, 0.6) is 6.01 Å². The molecular formula is C33H32F6N6O2S. The zero-order valence-corrected chi connectivity index (χ0v) is 26.7. The van der Waals surface area contributed by atoms with Crippen molar-refractivity contribution in [3.63, 3.8) is 0 Å². The molecule has 3 N–H and O–H groups in total. The van der Waals surface area contributed by atoms with Crippen molar-refractivity contribution in [1.82, 2.24) is 14.9 Å². The van der Waals surface area contributed by atoms with Gasteiger partial charge in [0.05, 0.1) is 21.4 Å². The molecule has 2 aliphatic heterocycles. The second-order valence-electron chi connectivity index (χ2n) is 13.0. The van der Waals surface area contributed by atoms with Crippen LogP contribution in [0.25, 0.3) is 32.1 Å². The summed E-state index contributed by atoms with van der Waals surface area (Å²) in [4.78, 5) is 12.5. The molecule has 1 aliphatic carbocycles. The summed E-state index contributed by atoms with van der Waals surface area (Å²) >= 11 is 0.686. The first-order valence-corrected chi connectivity index (χ1v) is 16.6. The third-order valence-corrected chi connectivity index (χ3v) is 11.3. The number of rotatable bonds is 7. The van der Waals surface area contributed by atoms with Gasteiger partial charge in [-0.2, -0.15) is 28.4 Å². The minimum Gasteiger partial charge on any atom is -0.461 e. The van der Waals surface area contributed by atoms with E-state index >= 15 is 4.39 Å². The Morgan fingerprint density at radius 2 is 2.02 bits per heavy atom. The summed E-state index contributed by atoms with van der Waals surface area (Å²) in [5.74, 6) is -2.39. The second-order valence-corrected chi connectivity index (χ2v) is 14.1. The number of fused-ring (bicyclic) bond motifs is 3. The molecule has 0 amide bonds. The summed E-state index contributed by atoms with van der Waals surface area (Å²) in [5.41, 5.74) is 1.95. The number of nitrogens with two attached hydrogens (primary N) is 1. The zero-order chi connectivity index (χ0) is 34.1. The molecule has 0 bridgehead atoms. The minimum absolute atomic E-state index is 0.00181. The van der Waals surface area contributed by atoms with Gasteiger partial charge < -0.3 is 20.5 Å². The number of alkyl halides is 4. The maximum atomic E-state index is 17.0. The van der Waals surface area contributed by atoms with Crippen molar-refractivity contribution in [2.75, 3.05) is 44.0 Å². The number of aromatic nitrogens is 2. The predicted molar refractivity (Wildman–Crippen MR) is 170 cm³/mol. The fourth-order valence-corrected chi connectivity index (χ4v) is 9.01. The Kier molecular flexibility index (Phi) is 8.11. The third-order valence-electron chi connectivity index (χ3n) is 10.3. The molecule has 8 nitrogen and oxygen atoms in total. The molecule has 4 atom stereocenters. The highest BCUT2D eigenvalue weighted by Crippen LogP contribution is 2.48. The molecule has 4 heterocycles. The number of aliphatic hydroxyl groups is 1. The number of hydrogen-bond acceptors (Lipinski definition) is 9. The van der Waals surface area contributed by atoms with Crippen LogP contribution in [0.3, 0.4) is 0 Å². The van der Waals surface area contributed by atoms with Crippen molar-refractivity contribution in [3.05, 3.63) is 41.0 Å². The van der Waals surface area contributed by atoms with Crippen molar-refractivity contribution >= 4 is 43.1 Å². The van der Waals surface area contributed by atoms with Crippen LogP contribution >= 0.6 is 11.3 Å². The number of nitriles is 1. The third kappa shape index (κ3) is 5.19. The van der Waals surface area contributed by atoms with E-state index in [4.69, 9.17) is 10.5 Å². The van der Waals surface area contributed by atoms with Crippen LogP contribution in [-0.4, -0.2) is 71.1 Å². The SMILES string of the molecule is CN(c1nc(OC[C@@]23CCCN2C[C@H](F)C3)nc2c(F)c(-c3ccc(F)c4sc(N)c(C#N)c34)c(C(F)(F)F)cc12)[C@@H]1CCC[C@H]1CO. The average Bonchev–Trinajstić information content (AvgIpc) is 3.81. The Bertz CT molecular complexity index is 1960. The molecule has 2 aromatic heterocycles. The Morgan fingerprint density at radius 3 is 2.75 bits per heavy atom. The van der Waals surface area contributed by atoms with Gasteiger partial charge in [-0.25, -0.2) is 13.2 Å². The lowest BCUT2D eigenvalue weighted by Crippen LogP contribution is -2.43. The topological polar surface area (TPSA) is 112 Å². The number of benzene rings is 2. The fourth-order valence-electron chi connectivity index (χ4n) is 8.06. The maximum absolute atomic E-state index is 17.0. The van der Waals surface area contributed by atoms with Gasteiger partial charge in [-0.3, -0.25) is 4.90 Å². The van der Waals surface area contributed by atoms with Gasteiger partial charge in [0, 0.05) is 54.9 Å². The summed E-state index contributed by atoms with van der Waals surface area (Å²) in [7, 11) is 1.63. The van der Waals surface area contributed by atoms with Crippen molar-refractivity contribution in [2.24, 2.45) is 5.92 Å². The van der Waals surface area contributed by atoms with Crippen LogP contribution in [0.4, 0.5) is 37.2 Å². The van der Waals surface area contributed by atoms with Gasteiger partial charge in [-0.1, -0.05) is 12.5 Å².